The van der Waals surface area contributed by atoms with Crippen molar-refractivity contribution in [3.05, 3.63) is 82.8 Å². The third kappa shape index (κ3) is 6.31. The van der Waals surface area contributed by atoms with E-state index in [0.29, 0.717) is 34.3 Å². The van der Waals surface area contributed by atoms with Crippen molar-refractivity contribution in [2.45, 2.75) is 24.5 Å². The van der Waals surface area contributed by atoms with E-state index in [0.717, 1.165) is 15.6 Å². The van der Waals surface area contributed by atoms with Gasteiger partial charge in [0, 0.05) is 17.3 Å². The van der Waals surface area contributed by atoms with Crippen molar-refractivity contribution in [1.82, 2.24) is 5.32 Å². The van der Waals surface area contributed by atoms with Gasteiger partial charge in [-0.1, -0.05) is 29.3 Å². The number of nitrogens with one attached hydrogen (secondary N) is 1. The van der Waals surface area contributed by atoms with Gasteiger partial charge in [0.05, 0.1) is 22.6 Å². The predicted molar refractivity (Wildman–Crippen MR) is 130 cm³/mol. The zero-order valence-electron chi connectivity index (χ0n) is 17.9. The van der Waals surface area contributed by atoms with Crippen LogP contribution in [0.15, 0.2) is 70.2 Å². The first-order valence-electron chi connectivity index (χ1n) is 10.00. The maximum Gasteiger partial charge on any atom is 0.264 e. The van der Waals surface area contributed by atoms with E-state index in [4.69, 9.17) is 16.0 Å². The highest BCUT2D eigenvalue weighted by atomic mass is 35.5. The summed E-state index contributed by atoms with van der Waals surface area (Å²) in [6, 6.07) is 15.2. The number of amides is 1. The lowest BCUT2D eigenvalue weighted by molar-refractivity contribution is -0.119. The molecule has 9 heteroatoms. The standard InChI is InChI=1S/C23H25ClN2O4S2/c1-17-5-8-21(9-6-17)32(28,29)26(22-10-7-19(24)14-18(22)2)15-23(27)25-11-13-31-16-20-4-3-12-30-20/h3-10,12,14H,11,13,15-16H2,1-2H3,(H,25,27). The number of rotatable bonds is 10. The summed E-state index contributed by atoms with van der Waals surface area (Å²) in [6.07, 6.45) is 1.62. The Labute approximate surface area is 198 Å². The number of sulfonamides is 1. The van der Waals surface area contributed by atoms with Gasteiger partial charge in [0.15, 0.2) is 0 Å². The molecule has 170 valence electrons. The molecular formula is C23H25ClN2O4S2. The van der Waals surface area contributed by atoms with E-state index < -0.39 is 10.0 Å². The molecule has 32 heavy (non-hydrogen) atoms. The molecular weight excluding hydrogens is 468 g/mol. The van der Waals surface area contributed by atoms with Gasteiger partial charge >= 0.3 is 0 Å². The average Bonchev–Trinajstić information content (AvgIpc) is 3.26. The van der Waals surface area contributed by atoms with Crippen LogP contribution < -0.4 is 9.62 Å². The number of carbonyl (C=O) groups is 1. The number of hydrogen-bond acceptors (Lipinski definition) is 5. The summed E-state index contributed by atoms with van der Waals surface area (Å²) >= 11 is 7.68. The third-order valence-electron chi connectivity index (χ3n) is 4.72. The second kappa shape index (κ2) is 10.9. The van der Waals surface area contributed by atoms with E-state index >= 15 is 0 Å². The lowest BCUT2D eigenvalue weighted by Gasteiger charge is -2.26. The smallest absolute Gasteiger partial charge is 0.264 e. The normalized spacial score (nSPS) is 11.3. The van der Waals surface area contributed by atoms with Gasteiger partial charge in [0.25, 0.3) is 10.0 Å². The lowest BCUT2D eigenvalue weighted by atomic mass is 10.2. The molecule has 2 aromatic carbocycles. The van der Waals surface area contributed by atoms with Gasteiger partial charge in [-0.2, -0.15) is 11.8 Å². The fourth-order valence-corrected chi connectivity index (χ4v) is 5.52. The number of carbonyl (C=O) groups excluding carboxylic acids is 1. The van der Waals surface area contributed by atoms with Gasteiger partial charge < -0.3 is 9.73 Å². The number of benzene rings is 2. The van der Waals surface area contributed by atoms with Crippen molar-refractivity contribution in [3.63, 3.8) is 0 Å². The summed E-state index contributed by atoms with van der Waals surface area (Å²) in [5.74, 6) is 1.88. The molecule has 0 aliphatic rings. The fourth-order valence-electron chi connectivity index (χ4n) is 3.05. The lowest BCUT2D eigenvalue weighted by Crippen LogP contribution is -2.41. The first-order valence-corrected chi connectivity index (χ1v) is 13.0. The second-order valence-electron chi connectivity index (χ2n) is 7.24. The molecule has 3 aromatic rings. The highest BCUT2D eigenvalue weighted by Crippen LogP contribution is 2.29. The van der Waals surface area contributed by atoms with Crippen molar-refractivity contribution in [1.29, 1.82) is 0 Å². The van der Waals surface area contributed by atoms with Crippen LogP contribution in [0.25, 0.3) is 0 Å². The molecule has 3 rings (SSSR count). The highest BCUT2D eigenvalue weighted by molar-refractivity contribution is 7.98. The molecule has 0 spiro atoms. The van der Waals surface area contributed by atoms with Crippen molar-refractivity contribution in [2.75, 3.05) is 23.1 Å². The number of anilines is 1. The first kappa shape index (κ1) is 24.2. The van der Waals surface area contributed by atoms with Crippen molar-refractivity contribution >= 4 is 45.0 Å². The average molecular weight is 493 g/mol. The fraction of sp³-hybridized carbons (Fsp3) is 0.261. The van der Waals surface area contributed by atoms with E-state index in [1.54, 1.807) is 67.4 Å². The SMILES string of the molecule is Cc1ccc(S(=O)(=O)N(CC(=O)NCCSCc2ccco2)c2ccc(Cl)cc2C)cc1. The van der Waals surface area contributed by atoms with Crippen LogP contribution in [-0.4, -0.2) is 33.2 Å². The number of thioether (sulfide) groups is 1. The van der Waals surface area contributed by atoms with Gasteiger partial charge in [0.1, 0.15) is 12.3 Å². The van der Waals surface area contributed by atoms with E-state index in [2.05, 4.69) is 5.32 Å². The number of hydrogen-bond donors (Lipinski definition) is 1. The number of aryl methyl sites for hydroxylation is 2. The number of furan rings is 1. The van der Waals surface area contributed by atoms with Crippen LogP contribution in [0.3, 0.4) is 0 Å². The molecule has 0 saturated heterocycles. The van der Waals surface area contributed by atoms with Crippen LogP contribution in [0.1, 0.15) is 16.9 Å². The Balaban J connectivity index is 1.72. The Hall–Kier alpha value is -2.42. The largest absolute Gasteiger partial charge is 0.468 e. The van der Waals surface area contributed by atoms with Crippen LogP contribution in [-0.2, 0) is 20.6 Å². The van der Waals surface area contributed by atoms with Crippen LogP contribution in [0.4, 0.5) is 5.69 Å². The summed E-state index contributed by atoms with van der Waals surface area (Å²) in [5, 5.41) is 3.30. The van der Waals surface area contributed by atoms with E-state index in [9.17, 15) is 13.2 Å². The maximum absolute atomic E-state index is 13.4. The van der Waals surface area contributed by atoms with Gasteiger partial charge in [0.2, 0.25) is 5.91 Å². The Bertz CT molecular complexity index is 1150. The van der Waals surface area contributed by atoms with Gasteiger partial charge in [-0.3, -0.25) is 9.10 Å². The number of nitrogens with zero attached hydrogens (tertiary/aromatic N) is 1. The zero-order valence-corrected chi connectivity index (χ0v) is 20.3. The summed E-state index contributed by atoms with van der Waals surface area (Å²) < 4.78 is 33.3. The van der Waals surface area contributed by atoms with Crippen LogP contribution >= 0.6 is 23.4 Å². The molecule has 6 nitrogen and oxygen atoms in total. The molecule has 0 saturated carbocycles. The van der Waals surface area contributed by atoms with Gasteiger partial charge in [-0.15, -0.1) is 0 Å². The maximum atomic E-state index is 13.4. The molecule has 1 heterocycles. The third-order valence-corrected chi connectivity index (χ3v) is 7.71. The van der Waals surface area contributed by atoms with Crippen LogP contribution in [0.5, 0.6) is 0 Å². The minimum Gasteiger partial charge on any atom is -0.468 e. The Morgan fingerprint density at radius 1 is 1.12 bits per heavy atom. The summed E-state index contributed by atoms with van der Waals surface area (Å²) in [4.78, 5) is 12.8. The topological polar surface area (TPSA) is 79.6 Å². The molecule has 0 atom stereocenters. The summed E-state index contributed by atoms with van der Waals surface area (Å²) in [6.45, 7) is 3.74. The molecule has 0 unspecified atom stereocenters. The Morgan fingerprint density at radius 3 is 2.53 bits per heavy atom. The van der Waals surface area contributed by atoms with Gasteiger partial charge in [-0.25, -0.2) is 8.42 Å². The van der Waals surface area contributed by atoms with E-state index in [1.807, 2.05) is 19.1 Å². The molecule has 0 radical (unpaired) electrons. The molecule has 1 aromatic heterocycles. The minimum absolute atomic E-state index is 0.124. The summed E-state index contributed by atoms with van der Waals surface area (Å²) in [5.41, 5.74) is 2.02. The Morgan fingerprint density at radius 2 is 1.88 bits per heavy atom. The monoisotopic (exact) mass is 492 g/mol. The Kier molecular flexibility index (Phi) is 8.28. The summed E-state index contributed by atoms with van der Waals surface area (Å²) in [7, 11) is -3.95. The molecule has 1 amide bonds. The van der Waals surface area contributed by atoms with Crippen LogP contribution in [0.2, 0.25) is 5.02 Å². The van der Waals surface area contributed by atoms with E-state index in [-0.39, 0.29) is 17.3 Å². The van der Waals surface area contributed by atoms with Crippen LogP contribution in [0, 0.1) is 13.8 Å². The van der Waals surface area contributed by atoms with E-state index in [1.165, 1.54) is 0 Å². The number of halogens is 1. The molecule has 0 aliphatic carbocycles. The minimum atomic E-state index is -3.95. The highest BCUT2D eigenvalue weighted by Gasteiger charge is 2.28. The van der Waals surface area contributed by atoms with Crippen molar-refractivity contribution in [2.24, 2.45) is 0 Å². The molecule has 0 bridgehead atoms. The van der Waals surface area contributed by atoms with Gasteiger partial charge in [-0.05, 0) is 61.9 Å². The molecule has 0 fully saturated rings. The quantitative estimate of drug-likeness (QED) is 0.411. The predicted octanol–water partition coefficient (Wildman–Crippen LogP) is 4.79. The zero-order chi connectivity index (χ0) is 23.1. The molecule has 1 N–H and O–H groups in total. The van der Waals surface area contributed by atoms with Crippen molar-refractivity contribution < 1.29 is 17.6 Å². The van der Waals surface area contributed by atoms with Crippen molar-refractivity contribution in [3.8, 4) is 0 Å². The second-order valence-corrected chi connectivity index (χ2v) is 10.6. The molecule has 0 aliphatic heterocycles. The first-order chi connectivity index (χ1) is 15.3.